The van der Waals surface area contributed by atoms with E-state index in [9.17, 15) is 5.11 Å². The number of aliphatic hydroxyl groups excluding tert-OH is 1. The van der Waals surface area contributed by atoms with Crippen molar-refractivity contribution < 1.29 is 5.11 Å². The summed E-state index contributed by atoms with van der Waals surface area (Å²) in [6.45, 7) is 3.61. The van der Waals surface area contributed by atoms with Gasteiger partial charge in [-0.05, 0) is 61.1 Å². The SMILES string of the molecule is C[C@@H](N)c1ccc(N2CC(O)CC2CN(C)C)c(Br)c1. The molecule has 0 aromatic heterocycles. The van der Waals surface area contributed by atoms with Crippen molar-refractivity contribution in [3.8, 4) is 0 Å². The van der Waals surface area contributed by atoms with Gasteiger partial charge in [0.1, 0.15) is 0 Å². The van der Waals surface area contributed by atoms with Crippen LogP contribution in [-0.4, -0.2) is 49.3 Å². The number of nitrogens with zero attached hydrogens (tertiary/aromatic N) is 2. The van der Waals surface area contributed by atoms with Crippen molar-refractivity contribution in [1.29, 1.82) is 0 Å². The molecule has 4 nitrogen and oxygen atoms in total. The topological polar surface area (TPSA) is 52.7 Å². The molecular weight excluding hydrogens is 318 g/mol. The maximum atomic E-state index is 9.98. The monoisotopic (exact) mass is 341 g/mol. The van der Waals surface area contributed by atoms with Gasteiger partial charge in [-0.2, -0.15) is 0 Å². The molecule has 1 aromatic rings. The number of likely N-dealkylation sites (N-methyl/N-ethyl adjacent to an activating group) is 1. The molecule has 112 valence electrons. The first kappa shape index (κ1) is 15.8. The van der Waals surface area contributed by atoms with Gasteiger partial charge in [0.05, 0.1) is 11.8 Å². The molecule has 0 amide bonds. The standard InChI is InChI=1S/C15H24BrN3O/c1-10(17)11-4-5-15(14(16)6-11)19-9-13(20)7-12(19)8-18(2)3/h4-6,10,12-13,20H,7-9,17H2,1-3H3/t10-,12?,13?/m1/s1. The summed E-state index contributed by atoms with van der Waals surface area (Å²) in [6, 6.07) is 6.63. The number of hydrogen-bond acceptors (Lipinski definition) is 4. The minimum atomic E-state index is -0.250. The van der Waals surface area contributed by atoms with Crippen LogP contribution < -0.4 is 10.6 Å². The maximum absolute atomic E-state index is 9.98. The summed E-state index contributed by atoms with van der Waals surface area (Å²) in [5.41, 5.74) is 8.17. The molecule has 0 saturated carbocycles. The highest BCUT2D eigenvalue weighted by Gasteiger charge is 2.32. The molecule has 2 rings (SSSR count). The van der Waals surface area contributed by atoms with Crippen molar-refractivity contribution in [2.45, 2.75) is 31.5 Å². The first-order valence-electron chi connectivity index (χ1n) is 7.03. The third-order valence-electron chi connectivity index (χ3n) is 3.78. The highest BCUT2D eigenvalue weighted by molar-refractivity contribution is 9.10. The molecular formula is C15H24BrN3O. The second-order valence-electron chi connectivity index (χ2n) is 5.96. The van der Waals surface area contributed by atoms with Crippen molar-refractivity contribution in [3.05, 3.63) is 28.2 Å². The summed E-state index contributed by atoms with van der Waals surface area (Å²) < 4.78 is 1.05. The third-order valence-corrected chi connectivity index (χ3v) is 4.41. The number of benzene rings is 1. The van der Waals surface area contributed by atoms with Gasteiger partial charge in [-0.25, -0.2) is 0 Å². The molecule has 0 aliphatic carbocycles. The largest absolute Gasteiger partial charge is 0.391 e. The maximum Gasteiger partial charge on any atom is 0.0735 e. The van der Waals surface area contributed by atoms with Gasteiger partial charge < -0.3 is 20.6 Å². The van der Waals surface area contributed by atoms with Crippen molar-refractivity contribution in [2.75, 3.05) is 32.1 Å². The molecule has 0 bridgehead atoms. The van der Waals surface area contributed by atoms with Gasteiger partial charge in [0.15, 0.2) is 0 Å². The Balaban J connectivity index is 2.25. The second-order valence-corrected chi connectivity index (χ2v) is 6.81. The van der Waals surface area contributed by atoms with Crippen molar-refractivity contribution >= 4 is 21.6 Å². The fourth-order valence-corrected chi connectivity index (χ4v) is 3.45. The van der Waals surface area contributed by atoms with Gasteiger partial charge in [-0.1, -0.05) is 6.07 Å². The fourth-order valence-electron chi connectivity index (χ4n) is 2.82. The molecule has 1 heterocycles. The van der Waals surface area contributed by atoms with E-state index < -0.39 is 0 Å². The van der Waals surface area contributed by atoms with Crippen molar-refractivity contribution in [1.82, 2.24) is 4.90 Å². The van der Waals surface area contributed by atoms with Crippen LogP contribution in [0.1, 0.15) is 24.9 Å². The van der Waals surface area contributed by atoms with Crippen LogP contribution in [0.5, 0.6) is 0 Å². The van der Waals surface area contributed by atoms with Crippen LogP contribution in [0.15, 0.2) is 22.7 Å². The Morgan fingerprint density at radius 1 is 1.50 bits per heavy atom. The summed E-state index contributed by atoms with van der Waals surface area (Å²) in [7, 11) is 4.13. The zero-order chi connectivity index (χ0) is 14.9. The smallest absolute Gasteiger partial charge is 0.0735 e. The number of anilines is 1. The summed E-state index contributed by atoms with van der Waals surface area (Å²) in [5, 5.41) is 9.98. The van der Waals surface area contributed by atoms with Crippen LogP contribution in [0.3, 0.4) is 0 Å². The average Bonchev–Trinajstić information content (AvgIpc) is 2.68. The molecule has 1 aliphatic rings. The number of aliphatic hydroxyl groups is 1. The second kappa shape index (κ2) is 6.43. The van der Waals surface area contributed by atoms with Gasteiger partial charge in [-0.3, -0.25) is 0 Å². The van der Waals surface area contributed by atoms with Crippen LogP contribution in [0.2, 0.25) is 0 Å². The molecule has 3 atom stereocenters. The number of halogens is 1. The molecule has 1 saturated heterocycles. The Bertz CT molecular complexity index is 464. The number of hydrogen-bond donors (Lipinski definition) is 2. The van der Waals surface area contributed by atoms with Crippen LogP contribution >= 0.6 is 15.9 Å². The molecule has 5 heteroatoms. The summed E-state index contributed by atoms with van der Waals surface area (Å²) in [6.07, 6.45) is 0.569. The fraction of sp³-hybridized carbons (Fsp3) is 0.600. The van der Waals surface area contributed by atoms with Crippen LogP contribution in [0.25, 0.3) is 0 Å². The molecule has 3 N–H and O–H groups in total. The van der Waals surface area contributed by atoms with Gasteiger partial charge in [-0.15, -0.1) is 0 Å². The van der Waals surface area contributed by atoms with Crippen LogP contribution in [-0.2, 0) is 0 Å². The molecule has 20 heavy (non-hydrogen) atoms. The third kappa shape index (κ3) is 3.52. The van der Waals surface area contributed by atoms with Crippen LogP contribution in [0.4, 0.5) is 5.69 Å². The van der Waals surface area contributed by atoms with Gasteiger partial charge >= 0.3 is 0 Å². The van der Waals surface area contributed by atoms with Gasteiger partial charge in [0, 0.05) is 29.6 Å². The van der Waals surface area contributed by atoms with E-state index in [0.717, 1.165) is 28.7 Å². The van der Waals surface area contributed by atoms with Gasteiger partial charge in [0.25, 0.3) is 0 Å². The molecule has 1 aromatic carbocycles. The zero-order valence-corrected chi connectivity index (χ0v) is 14.0. The molecule has 1 fully saturated rings. The molecule has 0 radical (unpaired) electrons. The Morgan fingerprint density at radius 3 is 2.75 bits per heavy atom. The lowest BCUT2D eigenvalue weighted by Crippen LogP contribution is -2.37. The normalized spacial score (nSPS) is 24.4. The highest BCUT2D eigenvalue weighted by Crippen LogP contribution is 2.34. The van der Waals surface area contributed by atoms with Crippen LogP contribution in [0, 0.1) is 0 Å². The Hall–Kier alpha value is -0.620. The van der Waals surface area contributed by atoms with E-state index in [4.69, 9.17) is 5.73 Å². The summed E-state index contributed by atoms with van der Waals surface area (Å²) in [5.74, 6) is 0. The molecule has 2 unspecified atom stereocenters. The summed E-state index contributed by atoms with van der Waals surface area (Å²) >= 11 is 3.65. The van der Waals surface area contributed by atoms with E-state index in [2.05, 4.69) is 58.0 Å². The minimum Gasteiger partial charge on any atom is -0.391 e. The predicted molar refractivity (Wildman–Crippen MR) is 87.1 cm³/mol. The lowest BCUT2D eigenvalue weighted by molar-refractivity contribution is 0.191. The average molecular weight is 342 g/mol. The first-order valence-corrected chi connectivity index (χ1v) is 7.82. The molecule has 1 aliphatic heterocycles. The Kier molecular flexibility index (Phi) is 5.07. The Morgan fingerprint density at radius 2 is 2.20 bits per heavy atom. The van der Waals surface area contributed by atoms with E-state index in [0.29, 0.717) is 12.6 Å². The quantitative estimate of drug-likeness (QED) is 0.879. The highest BCUT2D eigenvalue weighted by atomic mass is 79.9. The van der Waals surface area contributed by atoms with Gasteiger partial charge in [0.2, 0.25) is 0 Å². The zero-order valence-electron chi connectivity index (χ0n) is 12.4. The predicted octanol–water partition coefficient (Wildman–Crippen LogP) is 1.97. The molecule has 0 spiro atoms. The number of rotatable bonds is 4. The first-order chi connectivity index (χ1) is 9.38. The van der Waals surface area contributed by atoms with Crippen molar-refractivity contribution in [3.63, 3.8) is 0 Å². The lowest BCUT2D eigenvalue weighted by Gasteiger charge is -2.30. The number of β-amino-alcohol motifs (C(OH)–C–C–N with tert-alkyl or cyclic N) is 1. The Labute approximate surface area is 129 Å². The van der Waals surface area contributed by atoms with E-state index in [1.165, 1.54) is 0 Å². The van der Waals surface area contributed by atoms with E-state index in [1.807, 2.05) is 6.92 Å². The summed E-state index contributed by atoms with van der Waals surface area (Å²) in [4.78, 5) is 4.46. The number of nitrogens with two attached hydrogens (primary N) is 1. The minimum absolute atomic E-state index is 0.0297. The van der Waals surface area contributed by atoms with E-state index in [-0.39, 0.29) is 12.1 Å². The van der Waals surface area contributed by atoms with Crippen molar-refractivity contribution in [2.24, 2.45) is 5.73 Å². The lowest BCUT2D eigenvalue weighted by atomic mass is 10.1. The van der Waals surface area contributed by atoms with E-state index >= 15 is 0 Å². The van der Waals surface area contributed by atoms with E-state index in [1.54, 1.807) is 0 Å².